The monoisotopic (exact) mass is 267 g/mol. The first-order valence-corrected chi connectivity index (χ1v) is 4.22. The molecule has 7 nitrogen and oxygen atoms in total. The molecule has 0 atom stereocenters. The van der Waals surface area contributed by atoms with Gasteiger partial charge in [-0.05, 0) is 0 Å². The molecular weight excluding hydrogens is 256 g/mol. The summed E-state index contributed by atoms with van der Waals surface area (Å²) in [4.78, 5) is 10.1. The summed E-state index contributed by atoms with van der Waals surface area (Å²) in [5.74, 6) is -0.754. The van der Waals surface area contributed by atoms with E-state index in [1.807, 2.05) is 0 Å². The van der Waals surface area contributed by atoms with E-state index >= 15 is 0 Å². The summed E-state index contributed by atoms with van der Waals surface area (Å²) in [6.45, 7) is 1.22. The second-order valence-electron chi connectivity index (χ2n) is 1.77. The minimum Gasteiger partial charge on any atom is -0.412 e. The van der Waals surface area contributed by atoms with Crippen LogP contribution in [0.15, 0.2) is 0 Å². The summed E-state index contributed by atoms with van der Waals surface area (Å²) in [7, 11) is -3.93. The van der Waals surface area contributed by atoms with Gasteiger partial charge < -0.3 is 16.3 Å². The normalized spacial score (nSPS) is 8.46. The molecule has 0 bridgehead atoms. The zero-order valence-electron chi connectivity index (χ0n) is 7.20. The van der Waals surface area contributed by atoms with Crippen LogP contribution in [-0.2, 0) is 34.4 Å². The molecule has 0 aliphatic heterocycles. The molecule has 0 spiro atoms. The van der Waals surface area contributed by atoms with E-state index in [0.717, 1.165) is 0 Å². The molecule has 0 radical (unpaired) electrons. The van der Waals surface area contributed by atoms with Crippen molar-refractivity contribution < 1.29 is 48.2 Å². The Kier molecular flexibility index (Phi) is 17.8. The molecule has 78 valence electrons. The molecular formula is C4H13NO6SZn. The molecule has 0 unspecified atom stereocenters. The van der Waals surface area contributed by atoms with Gasteiger partial charge in [0.15, 0.2) is 0 Å². The number of rotatable bonds is 3. The van der Waals surface area contributed by atoms with Crippen molar-refractivity contribution in [1.29, 1.82) is 0 Å². The number of hydrogen-bond acceptors (Lipinski definition) is 3. The van der Waals surface area contributed by atoms with E-state index in [-0.39, 0.29) is 42.9 Å². The molecule has 0 heterocycles. The van der Waals surface area contributed by atoms with Gasteiger partial charge in [0, 0.05) is 32.9 Å². The van der Waals surface area contributed by atoms with Gasteiger partial charge in [-0.2, -0.15) is 8.42 Å². The van der Waals surface area contributed by atoms with Crippen LogP contribution in [-0.4, -0.2) is 42.1 Å². The fourth-order valence-corrected chi connectivity index (χ4v) is 0.716. The van der Waals surface area contributed by atoms with Gasteiger partial charge in [0.1, 0.15) is 0 Å². The molecule has 0 aromatic heterocycles. The summed E-state index contributed by atoms with van der Waals surface area (Å²) in [6.07, 6.45) is 0. The SMILES string of the molecule is CC(=O)NCCS(=O)(=O)O.O.O.[Zn]. The average molecular weight is 269 g/mol. The molecule has 9 heteroatoms. The predicted octanol–water partition coefficient (Wildman–Crippen LogP) is -2.64. The molecule has 0 saturated heterocycles. The Morgan fingerprint density at radius 3 is 2.00 bits per heavy atom. The standard InChI is InChI=1S/C4H9NO4S.2H2O.Zn/c1-4(6)5-2-3-10(7,8)9;;;/h2-3H2,1H3,(H,5,6)(H,7,8,9);2*1H2;. The molecule has 13 heavy (non-hydrogen) atoms. The molecule has 6 N–H and O–H groups in total. The number of hydrogen-bond donors (Lipinski definition) is 2. The Labute approximate surface area is 89.0 Å². The van der Waals surface area contributed by atoms with Gasteiger partial charge in [0.25, 0.3) is 10.1 Å². The van der Waals surface area contributed by atoms with E-state index in [0.29, 0.717) is 0 Å². The van der Waals surface area contributed by atoms with Crippen molar-refractivity contribution in [3.05, 3.63) is 0 Å². The summed E-state index contributed by atoms with van der Waals surface area (Å²) in [5.41, 5.74) is 0. The van der Waals surface area contributed by atoms with E-state index in [2.05, 4.69) is 5.32 Å². The van der Waals surface area contributed by atoms with Crippen LogP contribution < -0.4 is 5.32 Å². The zero-order valence-corrected chi connectivity index (χ0v) is 11.0. The van der Waals surface area contributed by atoms with Crippen LogP contribution in [0.5, 0.6) is 0 Å². The zero-order chi connectivity index (χ0) is 8.20. The van der Waals surface area contributed by atoms with Gasteiger partial charge in [-0.15, -0.1) is 0 Å². The van der Waals surface area contributed by atoms with E-state index < -0.39 is 15.9 Å². The Balaban J connectivity index is -0.000000135. The van der Waals surface area contributed by atoms with E-state index in [4.69, 9.17) is 4.55 Å². The van der Waals surface area contributed by atoms with Crippen LogP contribution in [0, 0.1) is 0 Å². The maximum atomic E-state index is 10.1. The number of carbonyl (C=O) groups is 1. The summed E-state index contributed by atoms with van der Waals surface area (Å²) >= 11 is 0. The van der Waals surface area contributed by atoms with Crippen molar-refractivity contribution in [2.24, 2.45) is 0 Å². The molecule has 0 aromatic rings. The molecule has 0 saturated carbocycles. The van der Waals surface area contributed by atoms with Crippen LogP contribution in [0.2, 0.25) is 0 Å². The van der Waals surface area contributed by atoms with Gasteiger partial charge in [0.2, 0.25) is 5.91 Å². The number of nitrogens with one attached hydrogen (secondary N) is 1. The van der Waals surface area contributed by atoms with Crippen molar-refractivity contribution in [1.82, 2.24) is 5.32 Å². The van der Waals surface area contributed by atoms with Crippen LogP contribution in [0.4, 0.5) is 0 Å². The van der Waals surface area contributed by atoms with Crippen LogP contribution >= 0.6 is 0 Å². The first-order chi connectivity index (χ1) is 4.42. The van der Waals surface area contributed by atoms with Crippen molar-refractivity contribution in [3.63, 3.8) is 0 Å². The maximum absolute atomic E-state index is 10.1. The smallest absolute Gasteiger partial charge is 0.266 e. The van der Waals surface area contributed by atoms with Crippen LogP contribution in [0.1, 0.15) is 6.92 Å². The van der Waals surface area contributed by atoms with Gasteiger partial charge >= 0.3 is 0 Å². The van der Waals surface area contributed by atoms with Crippen molar-refractivity contribution in [3.8, 4) is 0 Å². The van der Waals surface area contributed by atoms with Gasteiger partial charge in [0.05, 0.1) is 5.75 Å². The van der Waals surface area contributed by atoms with Crippen molar-refractivity contribution in [2.45, 2.75) is 6.92 Å². The van der Waals surface area contributed by atoms with Crippen LogP contribution in [0.3, 0.4) is 0 Å². The summed E-state index contributed by atoms with van der Waals surface area (Å²) in [5, 5.41) is 2.22. The molecule has 0 aromatic carbocycles. The molecule has 1 amide bonds. The molecule has 0 aliphatic carbocycles. The Hall–Kier alpha value is -0.0766. The number of carbonyl (C=O) groups excluding carboxylic acids is 1. The van der Waals surface area contributed by atoms with Gasteiger partial charge in [-0.1, -0.05) is 0 Å². The number of amides is 1. The largest absolute Gasteiger partial charge is 0.412 e. The van der Waals surface area contributed by atoms with Gasteiger partial charge in [-0.3, -0.25) is 9.35 Å². The first-order valence-electron chi connectivity index (χ1n) is 2.61. The fraction of sp³-hybridized carbons (Fsp3) is 0.750. The Morgan fingerprint density at radius 1 is 1.38 bits per heavy atom. The van der Waals surface area contributed by atoms with Crippen LogP contribution in [0.25, 0.3) is 0 Å². The Morgan fingerprint density at radius 2 is 1.77 bits per heavy atom. The minimum absolute atomic E-state index is 0. The summed E-state index contributed by atoms with van der Waals surface area (Å²) in [6, 6.07) is 0. The second kappa shape index (κ2) is 10.0. The predicted molar refractivity (Wildman–Crippen MR) is 42.3 cm³/mol. The van der Waals surface area contributed by atoms with Crippen molar-refractivity contribution in [2.75, 3.05) is 12.3 Å². The third-order valence-corrected chi connectivity index (χ3v) is 1.45. The minimum atomic E-state index is -3.93. The topological polar surface area (TPSA) is 146 Å². The van der Waals surface area contributed by atoms with E-state index in [1.165, 1.54) is 6.92 Å². The molecule has 0 aliphatic rings. The van der Waals surface area contributed by atoms with Gasteiger partial charge in [-0.25, -0.2) is 0 Å². The fourth-order valence-electron chi connectivity index (χ4n) is 0.356. The quantitative estimate of drug-likeness (QED) is 0.425. The molecule has 0 fully saturated rings. The third-order valence-electron chi connectivity index (χ3n) is 0.734. The third kappa shape index (κ3) is 24.5. The Bertz CT molecular complexity index is 215. The maximum Gasteiger partial charge on any atom is 0.266 e. The van der Waals surface area contributed by atoms with E-state index in [9.17, 15) is 13.2 Å². The van der Waals surface area contributed by atoms with E-state index in [1.54, 1.807) is 0 Å². The second-order valence-corrected chi connectivity index (χ2v) is 3.34. The van der Waals surface area contributed by atoms with Crippen molar-refractivity contribution >= 4 is 16.0 Å². The average Bonchev–Trinajstić information content (AvgIpc) is 1.59. The summed E-state index contributed by atoms with van der Waals surface area (Å²) < 4.78 is 28.2. The molecule has 0 rings (SSSR count). The first kappa shape index (κ1) is 23.1.